The molecule has 13 heavy (non-hydrogen) atoms. The number of nitrogens with one attached hydrogen (secondary N) is 1. The minimum absolute atomic E-state index is 0.713. The molecule has 7 heteroatoms. The van der Waals surface area contributed by atoms with E-state index in [0.29, 0.717) is 5.65 Å². The zero-order valence-corrected chi connectivity index (χ0v) is 8.29. The number of halogens is 2. The fourth-order valence-electron chi connectivity index (χ4n) is 0.691. The van der Waals surface area contributed by atoms with Crippen LogP contribution in [0.1, 0.15) is 0 Å². The van der Waals surface area contributed by atoms with Crippen molar-refractivity contribution in [3.05, 3.63) is 18.9 Å². The maximum Gasteiger partial charge on any atom is 0.180 e. The van der Waals surface area contributed by atoms with Gasteiger partial charge in [-0.25, -0.2) is 15.0 Å². The molecule has 5 nitrogen and oxygen atoms in total. The number of aromatic nitrogens is 4. The van der Waals surface area contributed by atoms with E-state index in [2.05, 4.69) is 19.9 Å². The van der Waals surface area contributed by atoms with E-state index in [-0.39, 0.29) is 0 Å². The van der Waals surface area contributed by atoms with E-state index in [9.17, 15) is 0 Å². The second kappa shape index (κ2) is 4.96. The van der Waals surface area contributed by atoms with Gasteiger partial charge in [0.05, 0.1) is 12.5 Å². The van der Waals surface area contributed by atoms with Gasteiger partial charge in [-0.05, 0) is 23.6 Å². The molecule has 2 aromatic heterocycles. The molecule has 2 rings (SSSR count). The number of aromatic amines is 1. The fraction of sp³-hybridized carbons (Fsp3) is 0.167. The number of hydrogen-bond acceptors (Lipinski definition) is 4. The van der Waals surface area contributed by atoms with Crippen LogP contribution in [0.4, 0.5) is 0 Å². The number of H-pyrrole nitrogens is 1. The zero-order valence-electron chi connectivity index (χ0n) is 6.78. The van der Waals surface area contributed by atoms with Crippen molar-refractivity contribution in [1.82, 2.24) is 23.9 Å². The monoisotopic (exact) mass is 219 g/mol. The minimum atomic E-state index is 0.713. The minimum Gasteiger partial charge on any atom is -0.342 e. The molecule has 0 atom stereocenters. The molecule has 1 N–H and O–H groups in total. The van der Waals surface area contributed by atoms with Crippen molar-refractivity contribution in [1.29, 1.82) is 0 Å². The van der Waals surface area contributed by atoms with Crippen LogP contribution in [-0.2, 0) is 0 Å². The van der Waals surface area contributed by atoms with Crippen LogP contribution in [0, 0.1) is 0 Å². The summed E-state index contributed by atoms with van der Waals surface area (Å²) in [5.41, 5.74) is 1.59. The summed E-state index contributed by atoms with van der Waals surface area (Å²) in [6, 6.07) is 0. The summed E-state index contributed by atoms with van der Waals surface area (Å²) in [5.74, 6) is 0. The molecule has 0 amide bonds. The van der Waals surface area contributed by atoms with Crippen molar-refractivity contribution >= 4 is 34.7 Å². The standard InChI is InChI=1S/C5H4N4.CH3Cl2N/c1-4-5(8-2-6-1)9-3-7-4;1-4(2)3/h1-3H,(H,6,7,8,9);1H3. The quantitative estimate of drug-likeness (QED) is 0.684. The number of imidazole rings is 1. The summed E-state index contributed by atoms with van der Waals surface area (Å²) in [6.45, 7) is 0. The number of fused-ring (bicyclic) bond motifs is 1. The van der Waals surface area contributed by atoms with Gasteiger partial charge >= 0.3 is 0 Å². The summed E-state index contributed by atoms with van der Waals surface area (Å²) in [7, 11) is 1.53. The Morgan fingerprint density at radius 2 is 2.08 bits per heavy atom. The SMILES string of the molecule is CN(Cl)Cl.c1ncc2[nH]cnc2n1. The number of rotatable bonds is 0. The molecule has 0 aromatic carbocycles. The highest BCUT2D eigenvalue weighted by Gasteiger charge is 1.91. The van der Waals surface area contributed by atoms with Crippen molar-refractivity contribution in [2.75, 3.05) is 7.05 Å². The molecule has 0 aliphatic carbocycles. The second-order valence-electron chi connectivity index (χ2n) is 2.06. The lowest BCUT2D eigenvalue weighted by molar-refractivity contribution is 0.897. The third kappa shape index (κ3) is 3.54. The largest absolute Gasteiger partial charge is 0.342 e. The highest BCUT2D eigenvalue weighted by atomic mass is 35.5. The maximum atomic E-state index is 4.87. The molecule has 0 aliphatic rings. The Labute approximate surface area is 84.9 Å². The van der Waals surface area contributed by atoms with E-state index < -0.39 is 0 Å². The van der Waals surface area contributed by atoms with Gasteiger partial charge in [0.2, 0.25) is 0 Å². The average molecular weight is 220 g/mol. The third-order valence-corrected chi connectivity index (χ3v) is 1.10. The highest BCUT2D eigenvalue weighted by molar-refractivity contribution is 6.33. The van der Waals surface area contributed by atoms with Crippen LogP contribution in [0.25, 0.3) is 11.2 Å². The van der Waals surface area contributed by atoms with Gasteiger partial charge in [-0.1, -0.05) is 0 Å². The molecule has 0 fully saturated rings. The van der Waals surface area contributed by atoms with Crippen molar-refractivity contribution in [3.63, 3.8) is 0 Å². The van der Waals surface area contributed by atoms with E-state index in [1.54, 1.807) is 12.5 Å². The Morgan fingerprint density at radius 1 is 1.38 bits per heavy atom. The Hall–Kier alpha value is -0.910. The van der Waals surface area contributed by atoms with Crippen LogP contribution < -0.4 is 0 Å². The van der Waals surface area contributed by atoms with Gasteiger partial charge in [0.15, 0.2) is 5.65 Å². The Kier molecular flexibility index (Phi) is 3.88. The lowest BCUT2D eigenvalue weighted by atomic mass is 10.6. The Balaban J connectivity index is 0.000000184. The van der Waals surface area contributed by atoms with Crippen LogP contribution >= 0.6 is 23.6 Å². The van der Waals surface area contributed by atoms with Gasteiger partial charge < -0.3 is 4.98 Å². The molecule has 2 aromatic rings. The zero-order chi connectivity index (χ0) is 9.68. The lowest BCUT2D eigenvalue weighted by Gasteiger charge is -1.80. The summed E-state index contributed by atoms with van der Waals surface area (Å²) in [6.07, 6.45) is 4.76. The third-order valence-electron chi connectivity index (χ3n) is 1.10. The Bertz CT molecular complexity index is 328. The second-order valence-corrected chi connectivity index (χ2v) is 3.25. The van der Waals surface area contributed by atoms with Crippen molar-refractivity contribution < 1.29 is 0 Å². The first-order valence-electron chi connectivity index (χ1n) is 3.34. The van der Waals surface area contributed by atoms with Crippen molar-refractivity contribution in [2.45, 2.75) is 0 Å². The van der Waals surface area contributed by atoms with Crippen LogP contribution in [0.15, 0.2) is 18.9 Å². The Morgan fingerprint density at radius 3 is 2.69 bits per heavy atom. The van der Waals surface area contributed by atoms with Gasteiger partial charge in [-0.15, -0.1) is 3.94 Å². The average Bonchev–Trinajstić information content (AvgIpc) is 2.49. The van der Waals surface area contributed by atoms with E-state index in [4.69, 9.17) is 23.6 Å². The first-order chi connectivity index (χ1) is 6.20. The normalized spacial score (nSPS) is 9.85. The van der Waals surface area contributed by atoms with Crippen molar-refractivity contribution in [2.24, 2.45) is 0 Å². The van der Waals surface area contributed by atoms with Gasteiger partial charge in [-0.3, -0.25) is 0 Å². The molecule has 0 saturated carbocycles. The van der Waals surface area contributed by atoms with E-state index in [1.165, 1.54) is 13.4 Å². The summed E-state index contributed by atoms with van der Waals surface area (Å²) in [5, 5.41) is 0. The molecule has 70 valence electrons. The number of hydrogen-bond donors (Lipinski definition) is 1. The van der Waals surface area contributed by atoms with Gasteiger partial charge in [-0.2, -0.15) is 0 Å². The first kappa shape index (κ1) is 10.2. The fourth-order valence-corrected chi connectivity index (χ4v) is 0.691. The first-order valence-corrected chi connectivity index (χ1v) is 4.02. The molecule has 0 aliphatic heterocycles. The van der Waals surface area contributed by atoms with Crippen LogP contribution in [-0.4, -0.2) is 30.9 Å². The topological polar surface area (TPSA) is 57.7 Å². The molecule has 0 bridgehead atoms. The molecular weight excluding hydrogens is 213 g/mol. The molecular formula is C6H7Cl2N5. The van der Waals surface area contributed by atoms with Crippen molar-refractivity contribution in [3.8, 4) is 0 Å². The van der Waals surface area contributed by atoms with Crippen LogP contribution in [0.5, 0.6) is 0 Å². The predicted molar refractivity (Wildman–Crippen MR) is 51.2 cm³/mol. The molecule has 0 spiro atoms. The predicted octanol–water partition coefficient (Wildman–Crippen LogP) is 1.58. The van der Waals surface area contributed by atoms with Gasteiger partial charge in [0.25, 0.3) is 0 Å². The summed E-state index contributed by atoms with van der Waals surface area (Å²) in [4.78, 5) is 14.5. The lowest BCUT2D eigenvalue weighted by Crippen LogP contribution is -1.77. The molecule has 0 radical (unpaired) electrons. The summed E-state index contributed by atoms with van der Waals surface area (Å²) >= 11 is 9.75. The van der Waals surface area contributed by atoms with Crippen LogP contribution in [0.2, 0.25) is 0 Å². The van der Waals surface area contributed by atoms with E-state index >= 15 is 0 Å². The molecule has 2 heterocycles. The van der Waals surface area contributed by atoms with Crippen LogP contribution in [0.3, 0.4) is 0 Å². The highest BCUT2D eigenvalue weighted by Crippen LogP contribution is 1.99. The number of nitrogens with zero attached hydrogens (tertiary/aromatic N) is 4. The molecule has 0 unspecified atom stereocenters. The van der Waals surface area contributed by atoms with E-state index in [1.807, 2.05) is 0 Å². The van der Waals surface area contributed by atoms with E-state index in [0.717, 1.165) is 9.45 Å². The van der Waals surface area contributed by atoms with Gasteiger partial charge in [0.1, 0.15) is 11.8 Å². The summed E-state index contributed by atoms with van der Waals surface area (Å²) < 4.78 is 0.944. The van der Waals surface area contributed by atoms with Gasteiger partial charge in [0, 0.05) is 7.05 Å². The molecule has 0 saturated heterocycles. The maximum absolute atomic E-state index is 4.87. The smallest absolute Gasteiger partial charge is 0.180 e.